The molecule has 1 atom stereocenters. The molecule has 1 aliphatic rings. The molecule has 3 aromatic carbocycles. The molecule has 7 nitrogen and oxygen atoms in total. The summed E-state index contributed by atoms with van der Waals surface area (Å²) in [5, 5.41) is 15.3. The standard InChI is InChI=1S/C25H19ClN2O5/c26-16-8-5-14(6-9-16)12-27-25(33)21(13-29)28-24(32)15-7-10-19-20(11-15)23(31)18-4-2-1-3-17(18)22(19)30/h1-11,21,29H,12-13H2,(H,27,33)(H,28,32). The van der Waals surface area contributed by atoms with E-state index in [1.807, 2.05) is 0 Å². The van der Waals surface area contributed by atoms with Crippen LogP contribution in [0.15, 0.2) is 66.7 Å². The monoisotopic (exact) mass is 462 g/mol. The predicted octanol–water partition coefficient (Wildman–Crippen LogP) is 2.52. The molecule has 166 valence electrons. The number of rotatable bonds is 6. The maximum Gasteiger partial charge on any atom is 0.252 e. The number of halogens is 1. The van der Waals surface area contributed by atoms with E-state index in [2.05, 4.69) is 10.6 Å². The smallest absolute Gasteiger partial charge is 0.252 e. The second-order valence-electron chi connectivity index (χ2n) is 7.52. The number of aliphatic hydroxyl groups is 1. The molecule has 3 N–H and O–H groups in total. The zero-order valence-corrected chi connectivity index (χ0v) is 18.1. The summed E-state index contributed by atoms with van der Waals surface area (Å²) in [6.07, 6.45) is 0. The number of aliphatic hydroxyl groups excluding tert-OH is 1. The van der Waals surface area contributed by atoms with Crippen molar-refractivity contribution in [1.29, 1.82) is 0 Å². The highest BCUT2D eigenvalue weighted by Crippen LogP contribution is 2.27. The molecule has 0 radical (unpaired) electrons. The van der Waals surface area contributed by atoms with Gasteiger partial charge in [-0.3, -0.25) is 19.2 Å². The molecular weight excluding hydrogens is 444 g/mol. The molecule has 0 aliphatic heterocycles. The minimum Gasteiger partial charge on any atom is -0.394 e. The van der Waals surface area contributed by atoms with Gasteiger partial charge in [-0.1, -0.05) is 48.0 Å². The van der Waals surface area contributed by atoms with Crippen molar-refractivity contribution in [2.24, 2.45) is 0 Å². The lowest BCUT2D eigenvalue weighted by molar-refractivity contribution is -0.124. The summed E-state index contributed by atoms with van der Waals surface area (Å²) in [7, 11) is 0. The highest BCUT2D eigenvalue weighted by Gasteiger charge is 2.30. The van der Waals surface area contributed by atoms with Crippen LogP contribution in [-0.4, -0.2) is 41.1 Å². The molecule has 0 aromatic heterocycles. The number of hydrogen-bond donors (Lipinski definition) is 3. The zero-order chi connectivity index (χ0) is 23.5. The number of ketones is 2. The van der Waals surface area contributed by atoms with Crippen LogP contribution < -0.4 is 10.6 Å². The van der Waals surface area contributed by atoms with E-state index < -0.39 is 24.5 Å². The Balaban J connectivity index is 1.47. The highest BCUT2D eigenvalue weighted by molar-refractivity contribution is 6.30. The molecule has 0 bridgehead atoms. The van der Waals surface area contributed by atoms with Crippen LogP contribution in [0, 0.1) is 0 Å². The lowest BCUT2D eigenvalue weighted by Crippen LogP contribution is -2.48. The van der Waals surface area contributed by atoms with E-state index in [9.17, 15) is 24.3 Å². The van der Waals surface area contributed by atoms with Gasteiger partial charge in [-0.2, -0.15) is 0 Å². The number of fused-ring (bicyclic) bond motifs is 2. The van der Waals surface area contributed by atoms with Crippen molar-refractivity contribution in [3.8, 4) is 0 Å². The van der Waals surface area contributed by atoms with Crippen molar-refractivity contribution in [3.63, 3.8) is 0 Å². The van der Waals surface area contributed by atoms with Crippen molar-refractivity contribution in [3.05, 3.63) is 105 Å². The summed E-state index contributed by atoms with van der Waals surface area (Å²) in [4.78, 5) is 50.7. The topological polar surface area (TPSA) is 113 Å². The van der Waals surface area contributed by atoms with E-state index in [1.54, 1.807) is 48.5 Å². The Kier molecular flexibility index (Phi) is 6.35. The molecule has 1 unspecified atom stereocenters. The molecule has 33 heavy (non-hydrogen) atoms. The number of hydrogen-bond acceptors (Lipinski definition) is 5. The van der Waals surface area contributed by atoms with Crippen LogP contribution in [0.3, 0.4) is 0 Å². The normalized spacial score (nSPS) is 13.0. The second-order valence-corrected chi connectivity index (χ2v) is 7.95. The van der Waals surface area contributed by atoms with Crippen LogP contribution >= 0.6 is 11.6 Å². The number of benzene rings is 3. The van der Waals surface area contributed by atoms with E-state index in [-0.39, 0.29) is 40.4 Å². The van der Waals surface area contributed by atoms with Crippen LogP contribution in [-0.2, 0) is 11.3 Å². The van der Waals surface area contributed by atoms with Gasteiger partial charge in [0.1, 0.15) is 6.04 Å². The molecule has 0 spiro atoms. The molecule has 1 aliphatic carbocycles. The zero-order valence-electron chi connectivity index (χ0n) is 17.3. The lowest BCUT2D eigenvalue weighted by Gasteiger charge is -2.19. The Labute approximate surface area is 194 Å². The van der Waals surface area contributed by atoms with Gasteiger partial charge < -0.3 is 15.7 Å². The molecular formula is C25H19ClN2O5. The molecule has 0 saturated heterocycles. The van der Waals surface area contributed by atoms with Crippen LogP contribution in [0.1, 0.15) is 47.8 Å². The second kappa shape index (κ2) is 9.36. The fourth-order valence-corrected chi connectivity index (χ4v) is 3.72. The van der Waals surface area contributed by atoms with Gasteiger partial charge in [-0.25, -0.2) is 0 Å². The summed E-state index contributed by atoms with van der Waals surface area (Å²) in [6, 6.07) is 16.4. The van der Waals surface area contributed by atoms with Crippen LogP contribution in [0.5, 0.6) is 0 Å². The van der Waals surface area contributed by atoms with E-state index in [1.165, 1.54) is 18.2 Å². The number of amides is 2. The average Bonchev–Trinajstić information content (AvgIpc) is 2.84. The van der Waals surface area contributed by atoms with Crippen LogP contribution in [0.2, 0.25) is 5.02 Å². The Hall–Kier alpha value is -3.81. The molecule has 0 saturated carbocycles. The first-order valence-electron chi connectivity index (χ1n) is 10.2. The maximum atomic E-state index is 12.9. The molecule has 0 fully saturated rings. The fourth-order valence-electron chi connectivity index (χ4n) is 3.59. The number of nitrogens with one attached hydrogen (secondary N) is 2. The van der Waals surface area contributed by atoms with Crippen LogP contribution in [0.25, 0.3) is 0 Å². The van der Waals surface area contributed by atoms with Gasteiger partial charge in [0.05, 0.1) is 6.61 Å². The van der Waals surface area contributed by atoms with Crippen molar-refractivity contribution >= 4 is 35.0 Å². The van der Waals surface area contributed by atoms with E-state index in [4.69, 9.17) is 11.6 Å². The first-order chi connectivity index (χ1) is 15.9. The molecule has 3 aromatic rings. The van der Waals surface area contributed by atoms with Crippen molar-refractivity contribution < 1.29 is 24.3 Å². The first kappa shape index (κ1) is 22.4. The van der Waals surface area contributed by atoms with Gasteiger partial charge in [0, 0.05) is 39.4 Å². The van der Waals surface area contributed by atoms with Gasteiger partial charge in [-0.05, 0) is 35.9 Å². The fraction of sp³-hybridized carbons (Fsp3) is 0.120. The first-order valence-corrected chi connectivity index (χ1v) is 10.5. The minimum absolute atomic E-state index is 0.0956. The summed E-state index contributed by atoms with van der Waals surface area (Å²) in [5.41, 5.74) is 1.84. The summed E-state index contributed by atoms with van der Waals surface area (Å²) < 4.78 is 0. The van der Waals surface area contributed by atoms with Crippen molar-refractivity contribution in [2.75, 3.05) is 6.61 Å². The van der Waals surface area contributed by atoms with Gasteiger partial charge in [0.25, 0.3) is 5.91 Å². The average molecular weight is 463 g/mol. The maximum absolute atomic E-state index is 12.9. The molecule has 8 heteroatoms. The van der Waals surface area contributed by atoms with E-state index in [0.717, 1.165) is 5.56 Å². The van der Waals surface area contributed by atoms with Gasteiger partial charge in [0.15, 0.2) is 11.6 Å². The lowest BCUT2D eigenvalue weighted by atomic mass is 9.83. The SMILES string of the molecule is O=C(NC(CO)C(=O)NCc1ccc(Cl)cc1)c1ccc2c(c1)C(=O)c1ccccc1C2=O. The third-order valence-corrected chi connectivity index (χ3v) is 5.62. The molecule has 0 heterocycles. The summed E-state index contributed by atoms with van der Waals surface area (Å²) in [5.74, 6) is -1.87. The Morgan fingerprint density at radius 2 is 1.45 bits per heavy atom. The molecule has 4 rings (SSSR count). The van der Waals surface area contributed by atoms with Crippen LogP contribution in [0.4, 0.5) is 0 Å². The van der Waals surface area contributed by atoms with Crippen molar-refractivity contribution in [2.45, 2.75) is 12.6 Å². The highest BCUT2D eigenvalue weighted by atomic mass is 35.5. The minimum atomic E-state index is -1.20. The van der Waals surface area contributed by atoms with Gasteiger partial charge in [0.2, 0.25) is 5.91 Å². The van der Waals surface area contributed by atoms with Gasteiger partial charge >= 0.3 is 0 Å². The largest absolute Gasteiger partial charge is 0.394 e. The summed E-state index contributed by atoms with van der Waals surface area (Å²) in [6.45, 7) is -0.425. The predicted molar refractivity (Wildman–Crippen MR) is 121 cm³/mol. The Morgan fingerprint density at radius 1 is 0.848 bits per heavy atom. The number of carbonyl (C=O) groups is 4. The third-order valence-electron chi connectivity index (χ3n) is 5.37. The van der Waals surface area contributed by atoms with E-state index in [0.29, 0.717) is 10.6 Å². The third kappa shape index (κ3) is 4.55. The summed E-state index contributed by atoms with van der Waals surface area (Å²) >= 11 is 5.84. The Morgan fingerprint density at radius 3 is 2.09 bits per heavy atom. The van der Waals surface area contributed by atoms with E-state index >= 15 is 0 Å². The van der Waals surface area contributed by atoms with Crippen molar-refractivity contribution in [1.82, 2.24) is 10.6 Å². The quantitative estimate of drug-likeness (QED) is 0.407. The van der Waals surface area contributed by atoms with Gasteiger partial charge in [-0.15, -0.1) is 0 Å². The Bertz CT molecular complexity index is 1270. The number of carbonyl (C=O) groups excluding carboxylic acids is 4. The molecule has 2 amide bonds.